The zero-order valence-electron chi connectivity index (χ0n) is 9.25. The van der Waals surface area contributed by atoms with Gasteiger partial charge in [-0.3, -0.25) is 4.90 Å². The Morgan fingerprint density at radius 2 is 1.79 bits per heavy atom. The molecule has 0 saturated carbocycles. The van der Waals surface area contributed by atoms with E-state index in [-0.39, 0.29) is 0 Å². The minimum Gasteiger partial charge on any atom is -0.308 e. The Balaban J connectivity index is 1.88. The molecule has 2 aliphatic heterocycles. The van der Waals surface area contributed by atoms with E-state index in [1.165, 1.54) is 38.8 Å². The smallest absolute Gasteiger partial charge is 0.0175 e. The van der Waals surface area contributed by atoms with E-state index in [4.69, 9.17) is 0 Å². The van der Waals surface area contributed by atoms with Crippen LogP contribution in [0.2, 0.25) is 0 Å². The molecule has 2 fully saturated rings. The summed E-state index contributed by atoms with van der Waals surface area (Å²) in [5.74, 6) is 0. The molecular formula is C11H21BrN2. The minimum atomic E-state index is 0.788. The van der Waals surface area contributed by atoms with Crippen molar-refractivity contribution in [3.63, 3.8) is 0 Å². The topological polar surface area (TPSA) is 6.48 Å². The fourth-order valence-corrected chi connectivity index (χ4v) is 3.75. The van der Waals surface area contributed by atoms with Gasteiger partial charge in [-0.15, -0.1) is 0 Å². The maximum atomic E-state index is 3.78. The van der Waals surface area contributed by atoms with E-state index >= 15 is 0 Å². The highest BCUT2D eigenvalue weighted by molar-refractivity contribution is 9.09. The van der Waals surface area contributed by atoms with E-state index in [9.17, 15) is 0 Å². The van der Waals surface area contributed by atoms with Gasteiger partial charge < -0.3 is 4.90 Å². The van der Waals surface area contributed by atoms with Crippen molar-refractivity contribution in [1.82, 2.24) is 9.80 Å². The summed E-state index contributed by atoms with van der Waals surface area (Å²) in [5, 5.41) is 0. The van der Waals surface area contributed by atoms with Gasteiger partial charge in [-0.05, 0) is 39.8 Å². The Kier molecular flexibility index (Phi) is 3.50. The van der Waals surface area contributed by atoms with Crippen molar-refractivity contribution < 1.29 is 0 Å². The first kappa shape index (κ1) is 10.9. The SMILES string of the molecule is CN(C)CCN1C2CCC1CC(Br)C2. The van der Waals surface area contributed by atoms with Crippen LogP contribution in [-0.2, 0) is 0 Å². The number of hydrogen-bond acceptors (Lipinski definition) is 2. The molecule has 0 spiro atoms. The van der Waals surface area contributed by atoms with Gasteiger partial charge in [0, 0.05) is 30.0 Å². The lowest BCUT2D eigenvalue weighted by atomic mass is 10.0. The Morgan fingerprint density at radius 1 is 1.21 bits per heavy atom. The summed E-state index contributed by atoms with van der Waals surface area (Å²) in [6.07, 6.45) is 5.59. The Morgan fingerprint density at radius 3 is 2.29 bits per heavy atom. The molecule has 2 aliphatic rings. The molecule has 2 atom stereocenters. The molecule has 14 heavy (non-hydrogen) atoms. The molecule has 2 unspecified atom stereocenters. The van der Waals surface area contributed by atoms with Crippen molar-refractivity contribution in [3.05, 3.63) is 0 Å². The normalized spacial score (nSPS) is 38.1. The van der Waals surface area contributed by atoms with Crippen LogP contribution in [0.4, 0.5) is 0 Å². The highest BCUT2D eigenvalue weighted by Crippen LogP contribution is 2.37. The standard InChI is InChI=1S/C11H21BrN2/c1-13(2)5-6-14-10-3-4-11(14)8-9(12)7-10/h9-11H,3-8H2,1-2H3. The third-order valence-corrected chi connectivity index (χ3v) is 4.38. The Bertz CT molecular complexity index is 182. The zero-order valence-corrected chi connectivity index (χ0v) is 10.8. The number of nitrogens with zero attached hydrogens (tertiary/aromatic N) is 2. The van der Waals surface area contributed by atoms with E-state index in [0.717, 1.165) is 16.9 Å². The average Bonchev–Trinajstić information content (AvgIpc) is 2.34. The van der Waals surface area contributed by atoms with Gasteiger partial charge in [0.05, 0.1) is 0 Å². The van der Waals surface area contributed by atoms with Crippen LogP contribution in [0.25, 0.3) is 0 Å². The molecule has 2 bridgehead atoms. The van der Waals surface area contributed by atoms with Gasteiger partial charge in [-0.2, -0.15) is 0 Å². The largest absolute Gasteiger partial charge is 0.308 e. The molecule has 0 aromatic rings. The van der Waals surface area contributed by atoms with Gasteiger partial charge in [-0.25, -0.2) is 0 Å². The zero-order chi connectivity index (χ0) is 10.1. The van der Waals surface area contributed by atoms with Gasteiger partial charge in [0.1, 0.15) is 0 Å². The van der Waals surface area contributed by atoms with Gasteiger partial charge in [0.2, 0.25) is 0 Å². The molecule has 0 radical (unpaired) electrons. The summed E-state index contributed by atoms with van der Waals surface area (Å²) >= 11 is 3.78. The van der Waals surface area contributed by atoms with Crippen LogP contribution in [-0.4, -0.2) is 53.9 Å². The van der Waals surface area contributed by atoms with Crippen molar-refractivity contribution in [2.24, 2.45) is 0 Å². The van der Waals surface area contributed by atoms with E-state index in [1.54, 1.807) is 0 Å². The van der Waals surface area contributed by atoms with Crippen molar-refractivity contribution in [2.45, 2.75) is 42.6 Å². The maximum Gasteiger partial charge on any atom is 0.0175 e. The monoisotopic (exact) mass is 260 g/mol. The third kappa shape index (κ3) is 2.31. The first-order chi connectivity index (χ1) is 6.66. The van der Waals surface area contributed by atoms with E-state index in [2.05, 4.69) is 39.8 Å². The van der Waals surface area contributed by atoms with Crippen molar-refractivity contribution in [3.8, 4) is 0 Å². The van der Waals surface area contributed by atoms with Crippen LogP contribution in [0.15, 0.2) is 0 Å². The average molecular weight is 261 g/mol. The number of piperidine rings is 1. The molecule has 2 saturated heterocycles. The molecule has 0 amide bonds. The predicted molar refractivity (Wildman–Crippen MR) is 64.0 cm³/mol. The quantitative estimate of drug-likeness (QED) is 0.716. The molecule has 0 N–H and O–H groups in total. The van der Waals surface area contributed by atoms with Gasteiger partial charge in [0.25, 0.3) is 0 Å². The molecule has 3 heteroatoms. The minimum absolute atomic E-state index is 0.788. The van der Waals surface area contributed by atoms with Crippen molar-refractivity contribution in [1.29, 1.82) is 0 Å². The fraction of sp³-hybridized carbons (Fsp3) is 1.00. The van der Waals surface area contributed by atoms with Crippen LogP contribution in [0.1, 0.15) is 25.7 Å². The summed E-state index contributed by atoms with van der Waals surface area (Å²) in [6.45, 7) is 2.47. The molecule has 2 heterocycles. The van der Waals surface area contributed by atoms with Gasteiger partial charge in [-0.1, -0.05) is 15.9 Å². The second kappa shape index (κ2) is 4.50. The fourth-order valence-electron chi connectivity index (χ4n) is 2.89. The van der Waals surface area contributed by atoms with Crippen LogP contribution < -0.4 is 0 Å². The second-order valence-corrected chi connectivity index (χ2v) is 6.29. The lowest BCUT2D eigenvalue weighted by Crippen LogP contribution is -2.45. The van der Waals surface area contributed by atoms with Gasteiger partial charge >= 0.3 is 0 Å². The van der Waals surface area contributed by atoms with Crippen molar-refractivity contribution >= 4 is 15.9 Å². The van der Waals surface area contributed by atoms with Crippen LogP contribution in [0, 0.1) is 0 Å². The van der Waals surface area contributed by atoms with E-state index in [0.29, 0.717) is 0 Å². The first-order valence-electron chi connectivity index (χ1n) is 5.71. The summed E-state index contributed by atoms with van der Waals surface area (Å²) in [7, 11) is 4.33. The van der Waals surface area contributed by atoms with Gasteiger partial charge in [0.15, 0.2) is 0 Å². The molecule has 2 nitrogen and oxygen atoms in total. The molecule has 0 aliphatic carbocycles. The van der Waals surface area contributed by atoms with Crippen LogP contribution in [0.3, 0.4) is 0 Å². The summed E-state index contributed by atoms with van der Waals surface area (Å²) in [4.78, 5) is 5.83. The lowest BCUT2D eigenvalue weighted by molar-refractivity contribution is 0.133. The molecule has 2 rings (SSSR count). The first-order valence-corrected chi connectivity index (χ1v) is 6.63. The summed E-state index contributed by atoms with van der Waals surface area (Å²) < 4.78 is 0. The second-order valence-electron chi connectivity index (χ2n) is 4.99. The predicted octanol–water partition coefficient (Wildman–Crippen LogP) is 1.94. The molecule has 0 aromatic carbocycles. The van der Waals surface area contributed by atoms with Crippen LogP contribution >= 0.6 is 15.9 Å². The number of likely N-dealkylation sites (N-methyl/N-ethyl adjacent to an activating group) is 1. The van der Waals surface area contributed by atoms with E-state index < -0.39 is 0 Å². The number of hydrogen-bond donors (Lipinski definition) is 0. The lowest BCUT2D eigenvalue weighted by Gasteiger charge is -2.37. The maximum absolute atomic E-state index is 3.78. The summed E-state index contributed by atoms with van der Waals surface area (Å²) in [6, 6.07) is 1.75. The highest BCUT2D eigenvalue weighted by atomic mass is 79.9. The highest BCUT2D eigenvalue weighted by Gasteiger charge is 2.39. The van der Waals surface area contributed by atoms with Crippen molar-refractivity contribution in [2.75, 3.05) is 27.2 Å². The summed E-state index contributed by atoms with van der Waals surface area (Å²) in [5.41, 5.74) is 0. The molecule has 0 aromatic heterocycles. The van der Waals surface area contributed by atoms with E-state index in [1.807, 2.05) is 0 Å². The Hall–Kier alpha value is 0.400. The molecular weight excluding hydrogens is 240 g/mol. The number of halogens is 1. The number of rotatable bonds is 3. The molecule has 82 valence electrons. The van der Waals surface area contributed by atoms with Crippen LogP contribution in [0.5, 0.6) is 0 Å². The number of alkyl halides is 1. The number of fused-ring (bicyclic) bond motifs is 2. The Labute approximate surface area is 95.8 Å². The third-order valence-electron chi connectivity index (χ3n) is 3.63.